The number of carbonyl (C=O) groups is 1. The molecule has 2 heterocycles. The summed E-state index contributed by atoms with van der Waals surface area (Å²) >= 11 is 0. The lowest BCUT2D eigenvalue weighted by Crippen LogP contribution is -2.06. The molecule has 106 valence electrons. The Kier molecular flexibility index (Phi) is 3.13. The molecule has 6 heteroatoms. The van der Waals surface area contributed by atoms with E-state index in [4.69, 9.17) is 4.74 Å². The van der Waals surface area contributed by atoms with Gasteiger partial charge in [-0.1, -0.05) is 6.07 Å². The Labute approximate surface area is 119 Å². The highest BCUT2D eigenvalue weighted by Crippen LogP contribution is 2.32. The third-order valence-corrected chi connectivity index (χ3v) is 3.18. The van der Waals surface area contributed by atoms with E-state index in [2.05, 4.69) is 14.7 Å². The maximum atomic E-state index is 14.3. The fourth-order valence-electron chi connectivity index (χ4n) is 2.23. The highest BCUT2D eigenvalue weighted by molar-refractivity contribution is 6.06. The normalized spacial score (nSPS) is 10.8. The fraction of sp³-hybridized carbons (Fsp3) is 0.133. The lowest BCUT2D eigenvalue weighted by Gasteiger charge is -2.10. The first-order valence-corrected chi connectivity index (χ1v) is 6.16. The van der Waals surface area contributed by atoms with Crippen LogP contribution in [0.4, 0.5) is 4.39 Å². The summed E-state index contributed by atoms with van der Waals surface area (Å²) in [6, 6.07) is 6.15. The predicted octanol–water partition coefficient (Wildman–Crippen LogP) is 2.72. The molecule has 0 aliphatic rings. The summed E-state index contributed by atoms with van der Waals surface area (Å²) in [7, 11) is 2.65. The molecule has 5 nitrogen and oxygen atoms in total. The van der Waals surface area contributed by atoms with Crippen molar-refractivity contribution in [2.24, 2.45) is 0 Å². The number of aromatic nitrogens is 2. The van der Waals surface area contributed by atoms with Gasteiger partial charge in [0.1, 0.15) is 17.1 Å². The molecule has 0 aliphatic heterocycles. The topological polar surface area (TPSA) is 61.3 Å². The van der Waals surface area contributed by atoms with Crippen molar-refractivity contribution >= 4 is 27.8 Å². The summed E-state index contributed by atoms with van der Waals surface area (Å²) in [5, 5.41) is 0.787. The molecule has 3 aromatic rings. The second kappa shape index (κ2) is 4.97. The Morgan fingerprint density at radius 3 is 2.76 bits per heavy atom. The number of hydrogen-bond acceptors (Lipinski definition) is 5. The van der Waals surface area contributed by atoms with Gasteiger partial charge < -0.3 is 9.47 Å². The molecule has 0 saturated heterocycles. The lowest BCUT2D eigenvalue weighted by atomic mass is 10.1. The van der Waals surface area contributed by atoms with Gasteiger partial charge in [0.05, 0.1) is 25.1 Å². The number of methoxy groups -OCH3 is 2. The van der Waals surface area contributed by atoms with E-state index in [1.54, 1.807) is 18.3 Å². The summed E-state index contributed by atoms with van der Waals surface area (Å²) in [5.41, 5.74) is 0.808. The van der Waals surface area contributed by atoms with Crippen LogP contribution in [-0.4, -0.2) is 30.2 Å². The van der Waals surface area contributed by atoms with Gasteiger partial charge in [-0.05, 0) is 12.1 Å². The summed E-state index contributed by atoms with van der Waals surface area (Å²) in [4.78, 5) is 20.1. The number of hydrogen-bond donors (Lipinski definition) is 0. The molecular formula is C15H11FN2O3. The van der Waals surface area contributed by atoms with E-state index in [0.717, 1.165) is 0 Å². The smallest absolute Gasteiger partial charge is 0.356 e. The number of benzene rings is 1. The van der Waals surface area contributed by atoms with E-state index in [0.29, 0.717) is 10.9 Å². The fourth-order valence-corrected chi connectivity index (χ4v) is 2.23. The quantitative estimate of drug-likeness (QED) is 0.535. The maximum Gasteiger partial charge on any atom is 0.356 e. The van der Waals surface area contributed by atoms with Crippen LogP contribution in [0.5, 0.6) is 5.75 Å². The Morgan fingerprint density at radius 1 is 1.24 bits per heavy atom. The zero-order chi connectivity index (χ0) is 15.0. The van der Waals surface area contributed by atoms with Crippen LogP contribution in [0.15, 0.2) is 30.5 Å². The Bertz CT molecular complexity index is 864. The summed E-state index contributed by atoms with van der Waals surface area (Å²) in [6.07, 6.45) is 1.58. The Morgan fingerprint density at radius 2 is 2.05 bits per heavy atom. The zero-order valence-electron chi connectivity index (χ0n) is 11.4. The maximum absolute atomic E-state index is 14.3. The highest BCUT2D eigenvalue weighted by atomic mass is 19.1. The molecule has 2 aromatic heterocycles. The number of ether oxygens (including phenoxy) is 2. The van der Waals surface area contributed by atoms with Crippen LogP contribution in [0, 0.1) is 5.82 Å². The van der Waals surface area contributed by atoms with E-state index < -0.39 is 11.8 Å². The van der Waals surface area contributed by atoms with Gasteiger partial charge in [0, 0.05) is 17.6 Å². The second-order valence-corrected chi connectivity index (χ2v) is 4.36. The van der Waals surface area contributed by atoms with Gasteiger partial charge >= 0.3 is 5.97 Å². The van der Waals surface area contributed by atoms with Crippen LogP contribution in [0.3, 0.4) is 0 Å². The van der Waals surface area contributed by atoms with Gasteiger partial charge in [0.25, 0.3) is 0 Å². The van der Waals surface area contributed by atoms with Gasteiger partial charge in [-0.25, -0.2) is 14.2 Å². The largest absolute Gasteiger partial charge is 0.496 e. The number of esters is 1. The average molecular weight is 286 g/mol. The number of carbonyl (C=O) groups excluding carboxylic acids is 1. The molecule has 0 atom stereocenters. The molecule has 0 N–H and O–H groups in total. The first kappa shape index (κ1) is 13.2. The Hall–Kier alpha value is -2.76. The van der Waals surface area contributed by atoms with E-state index in [9.17, 15) is 9.18 Å². The van der Waals surface area contributed by atoms with Gasteiger partial charge in [-0.3, -0.25) is 4.98 Å². The molecule has 0 saturated carbocycles. The van der Waals surface area contributed by atoms with Crippen molar-refractivity contribution < 1.29 is 18.7 Å². The first-order chi connectivity index (χ1) is 10.2. The molecule has 0 bridgehead atoms. The summed E-state index contributed by atoms with van der Waals surface area (Å²) in [6.45, 7) is 0. The van der Waals surface area contributed by atoms with Crippen LogP contribution in [-0.2, 0) is 4.74 Å². The monoisotopic (exact) mass is 286 g/mol. The van der Waals surface area contributed by atoms with Crippen molar-refractivity contribution in [2.75, 3.05) is 14.2 Å². The molecule has 0 aliphatic carbocycles. The molecule has 0 spiro atoms. The van der Waals surface area contributed by atoms with Crippen LogP contribution in [0.25, 0.3) is 21.8 Å². The minimum Gasteiger partial charge on any atom is -0.496 e. The van der Waals surface area contributed by atoms with Crippen LogP contribution in [0.1, 0.15) is 10.5 Å². The lowest BCUT2D eigenvalue weighted by molar-refractivity contribution is 0.0594. The SMILES string of the molecule is COC(=O)c1cc(OC)c2c(F)cc3cccnc3c2n1. The molecule has 0 unspecified atom stereocenters. The average Bonchev–Trinajstić information content (AvgIpc) is 2.53. The molecule has 3 rings (SSSR count). The van der Waals surface area contributed by atoms with Crippen molar-refractivity contribution in [3.05, 3.63) is 42.0 Å². The first-order valence-electron chi connectivity index (χ1n) is 6.16. The van der Waals surface area contributed by atoms with Gasteiger partial charge in [0.2, 0.25) is 0 Å². The van der Waals surface area contributed by atoms with Crippen molar-refractivity contribution in [1.82, 2.24) is 9.97 Å². The Balaban J connectivity index is 2.49. The van der Waals surface area contributed by atoms with Gasteiger partial charge in [0.15, 0.2) is 5.69 Å². The number of halogens is 1. The molecule has 21 heavy (non-hydrogen) atoms. The number of pyridine rings is 2. The third kappa shape index (κ3) is 2.05. The van der Waals surface area contributed by atoms with Crippen molar-refractivity contribution in [1.29, 1.82) is 0 Å². The van der Waals surface area contributed by atoms with E-state index >= 15 is 0 Å². The van der Waals surface area contributed by atoms with Crippen molar-refractivity contribution in [2.45, 2.75) is 0 Å². The minimum absolute atomic E-state index is 0.0411. The second-order valence-electron chi connectivity index (χ2n) is 4.36. The predicted molar refractivity (Wildman–Crippen MR) is 74.9 cm³/mol. The molecule has 0 amide bonds. The summed E-state index contributed by atoms with van der Waals surface area (Å²) < 4.78 is 24.1. The number of rotatable bonds is 2. The van der Waals surface area contributed by atoms with Crippen LogP contribution >= 0.6 is 0 Å². The number of nitrogens with zero attached hydrogens (tertiary/aromatic N) is 2. The highest BCUT2D eigenvalue weighted by Gasteiger charge is 2.18. The van der Waals surface area contributed by atoms with Crippen LogP contribution in [0.2, 0.25) is 0 Å². The van der Waals surface area contributed by atoms with Gasteiger partial charge in [-0.2, -0.15) is 0 Å². The van der Waals surface area contributed by atoms with Gasteiger partial charge in [-0.15, -0.1) is 0 Å². The number of fused-ring (bicyclic) bond motifs is 3. The van der Waals surface area contributed by atoms with Crippen LogP contribution < -0.4 is 4.74 Å². The summed E-state index contributed by atoms with van der Waals surface area (Å²) in [5.74, 6) is -0.889. The van der Waals surface area contributed by atoms with E-state index in [1.165, 1.54) is 26.4 Å². The standard InChI is InChI=1S/C15H11FN2O3/c1-20-11-7-10(15(19)21-2)18-14-12(11)9(16)6-8-4-3-5-17-13(8)14/h3-7H,1-2H3. The molecule has 1 aromatic carbocycles. The molecule has 0 fully saturated rings. The van der Waals surface area contributed by atoms with Crippen molar-refractivity contribution in [3.63, 3.8) is 0 Å². The zero-order valence-corrected chi connectivity index (χ0v) is 11.4. The minimum atomic E-state index is -0.622. The van der Waals surface area contributed by atoms with E-state index in [1.807, 2.05) is 0 Å². The van der Waals surface area contributed by atoms with Crippen molar-refractivity contribution in [3.8, 4) is 5.75 Å². The van der Waals surface area contributed by atoms with E-state index in [-0.39, 0.29) is 22.3 Å². The molecule has 0 radical (unpaired) electrons. The molecular weight excluding hydrogens is 275 g/mol. The third-order valence-electron chi connectivity index (χ3n) is 3.18.